The van der Waals surface area contributed by atoms with Crippen LogP contribution in [0.5, 0.6) is 0 Å². The summed E-state index contributed by atoms with van der Waals surface area (Å²) in [4.78, 5) is 4.62. The molecule has 1 unspecified atom stereocenters. The minimum Gasteiger partial charge on any atom is -0.385 e. The zero-order chi connectivity index (χ0) is 18.9. The van der Waals surface area contributed by atoms with Gasteiger partial charge in [0.05, 0.1) is 5.69 Å². The maximum atomic E-state index is 10.6. The lowest BCUT2D eigenvalue weighted by molar-refractivity contribution is 0.0516. The summed E-state index contributed by atoms with van der Waals surface area (Å²) < 4.78 is 7.18. The smallest absolute Gasteiger partial charge is 0.227 e. The summed E-state index contributed by atoms with van der Waals surface area (Å²) in [6.07, 6.45) is -0.639. The standard InChI is InChI=1S/C18H30N6O2/c1-6-24-16(15(25)18(3,4)5)19-20-17(24)23-9-7-22(8-10-23)12-14-11-13(2)26-21-14/h11,15,25H,6-10,12H2,1-5H3. The van der Waals surface area contributed by atoms with Crippen molar-refractivity contribution in [3.05, 3.63) is 23.3 Å². The number of aliphatic hydroxyl groups excluding tert-OH is 1. The third kappa shape index (κ3) is 3.91. The van der Waals surface area contributed by atoms with E-state index in [9.17, 15) is 5.11 Å². The summed E-state index contributed by atoms with van der Waals surface area (Å²) in [7, 11) is 0. The van der Waals surface area contributed by atoms with Crippen LogP contribution in [0.1, 0.15) is 51.1 Å². The normalized spacial score (nSPS) is 17.7. The van der Waals surface area contributed by atoms with E-state index >= 15 is 0 Å². The Morgan fingerprint density at radius 2 is 1.88 bits per heavy atom. The first kappa shape index (κ1) is 18.8. The number of aryl methyl sites for hydroxylation is 1. The molecule has 0 amide bonds. The topological polar surface area (TPSA) is 83.5 Å². The molecule has 3 rings (SSSR count). The summed E-state index contributed by atoms with van der Waals surface area (Å²) >= 11 is 0. The maximum absolute atomic E-state index is 10.6. The molecule has 1 atom stereocenters. The highest BCUT2D eigenvalue weighted by Crippen LogP contribution is 2.33. The van der Waals surface area contributed by atoms with E-state index in [1.54, 1.807) is 0 Å². The van der Waals surface area contributed by atoms with Gasteiger partial charge in [0.15, 0.2) is 5.82 Å². The van der Waals surface area contributed by atoms with Crippen LogP contribution in [-0.2, 0) is 13.1 Å². The minimum atomic E-state index is -0.639. The number of hydrogen-bond donors (Lipinski definition) is 1. The van der Waals surface area contributed by atoms with Crippen molar-refractivity contribution >= 4 is 5.95 Å². The Labute approximate surface area is 154 Å². The molecule has 8 nitrogen and oxygen atoms in total. The highest BCUT2D eigenvalue weighted by atomic mass is 16.5. The summed E-state index contributed by atoms with van der Waals surface area (Å²) in [6.45, 7) is 15.2. The van der Waals surface area contributed by atoms with Gasteiger partial charge >= 0.3 is 0 Å². The van der Waals surface area contributed by atoms with E-state index in [2.05, 4.69) is 32.1 Å². The Hall–Kier alpha value is -1.93. The van der Waals surface area contributed by atoms with Gasteiger partial charge in [-0.1, -0.05) is 25.9 Å². The molecule has 0 saturated carbocycles. The van der Waals surface area contributed by atoms with Gasteiger partial charge in [0.25, 0.3) is 0 Å². The largest absolute Gasteiger partial charge is 0.385 e. The van der Waals surface area contributed by atoms with Crippen molar-refractivity contribution in [2.45, 2.75) is 53.8 Å². The Bertz CT molecular complexity index is 724. The quantitative estimate of drug-likeness (QED) is 0.871. The third-order valence-corrected chi connectivity index (χ3v) is 4.86. The first-order valence-electron chi connectivity index (χ1n) is 9.30. The van der Waals surface area contributed by atoms with E-state index in [0.29, 0.717) is 5.82 Å². The number of aromatic nitrogens is 4. The Morgan fingerprint density at radius 1 is 1.19 bits per heavy atom. The maximum Gasteiger partial charge on any atom is 0.227 e. The lowest BCUT2D eigenvalue weighted by atomic mass is 9.88. The molecule has 8 heteroatoms. The molecule has 0 radical (unpaired) electrons. The fourth-order valence-corrected chi connectivity index (χ4v) is 3.26. The van der Waals surface area contributed by atoms with E-state index in [4.69, 9.17) is 4.52 Å². The van der Waals surface area contributed by atoms with Gasteiger partial charge in [-0.05, 0) is 19.3 Å². The van der Waals surface area contributed by atoms with Crippen molar-refractivity contribution in [3.8, 4) is 0 Å². The van der Waals surface area contributed by atoms with E-state index < -0.39 is 6.10 Å². The van der Waals surface area contributed by atoms with Gasteiger partial charge in [-0.2, -0.15) is 0 Å². The monoisotopic (exact) mass is 362 g/mol. The molecule has 144 valence electrons. The number of aliphatic hydroxyl groups is 1. The number of anilines is 1. The predicted octanol–water partition coefficient (Wildman–Crippen LogP) is 2.00. The van der Waals surface area contributed by atoms with Crippen molar-refractivity contribution in [2.75, 3.05) is 31.1 Å². The fraction of sp³-hybridized carbons (Fsp3) is 0.722. The molecule has 0 bridgehead atoms. The van der Waals surface area contributed by atoms with E-state index in [1.165, 1.54) is 0 Å². The zero-order valence-corrected chi connectivity index (χ0v) is 16.4. The van der Waals surface area contributed by atoms with Gasteiger partial charge in [-0.15, -0.1) is 10.2 Å². The second kappa shape index (κ2) is 7.36. The second-order valence-corrected chi connectivity index (χ2v) is 8.06. The lowest BCUT2D eigenvalue weighted by Gasteiger charge is -2.35. The van der Waals surface area contributed by atoms with Crippen LogP contribution in [0.15, 0.2) is 10.6 Å². The average molecular weight is 362 g/mol. The molecule has 0 spiro atoms. The molecule has 1 aliphatic heterocycles. The predicted molar refractivity (Wildman–Crippen MR) is 98.8 cm³/mol. The molecule has 1 saturated heterocycles. The van der Waals surface area contributed by atoms with Crippen LogP contribution < -0.4 is 4.90 Å². The van der Waals surface area contributed by atoms with Gasteiger partial charge < -0.3 is 14.5 Å². The van der Waals surface area contributed by atoms with Gasteiger partial charge in [-0.25, -0.2) is 0 Å². The molecule has 1 N–H and O–H groups in total. The van der Waals surface area contributed by atoms with Crippen LogP contribution in [0.4, 0.5) is 5.95 Å². The summed E-state index contributed by atoms with van der Waals surface area (Å²) in [5, 5.41) is 23.4. The molecular weight excluding hydrogens is 332 g/mol. The summed E-state index contributed by atoms with van der Waals surface area (Å²) in [5.74, 6) is 2.35. The van der Waals surface area contributed by atoms with Crippen LogP contribution in [0.3, 0.4) is 0 Å². The molecule has 1 fully saturated rings. The molecule has 2 aromatic heterocycles. The Kier molecular flexibility index (Phi) is 5.34. The van der Waals surface area contributed by atoms with Gasteiger partial charge in [-0.3, -0.25) is 9.47 Å². The highest BCUT2D eigenvalue weighted by molar-refractivity contribution is 5.32. The molecule has 0 aromatic carbocycles. The third-order valence-electron chi connectivity index (χ3n) is 4.86. The van der Waals surface area contributed by atoms with Crippen LogP contribution in [0.25, 0.3) is 0 Å². The Morgan fingerprint density at radius 3 is 2.42 bits per heavy atom. The first-order valence-corrected chi connectivity index (χ1v) is 9.30. The van der Waals surface area contributed by atoms with E-state index in [0.717, 1.165) is 56.7 Å². The van der Waals surface area contributed by atoms with Gasteiger partial charge in [0, 0.05) is 45.3 Å². The van der Waals surface area contributed by atoms with Crippen LogP contribution in [-0.4, -0.2) is 56.1 Å². The summed E-state index contributed by atoms with van der Waals surface area (Å²) in [6, 6.07) is 1.99. The number of piperazine rings is 1. The fourth-order valence-electron chi connectivity index (χ4n) is 3.26. The van der Waals surface area contributed by atoms with Crippen LogP contribution >= 0.6 is 0 Å². The molecule has 2 aromatic rings. The minimum absolute atomic E-state index is 0.272. The molecule has 3 heterocycles. The SMILES string of the molecule is CCn1c(C(O)C(C)(C)C)nnc1N1CCN(Cc2cc(C)on2)CC1. The van der Waals surface area contributed by atoms with Crippen molar-refractivity contribution < 1.29 is 9.63 Å². The van der Waals surface area contributed by atoms with Gasteiger partial charge in [0.1, 0.15) is 11.9 Å². The number of nitrogens with zero attached hydrogens (tertiary/aromatic N) is 6. The van der Waals surface area contributed by atoms with Crippen molar-refractivity contribution in [3.63, 3.8) is 0 Å². The second-order valence-electron chi connectivity index (χ2n) is 8.06. The molecule has 0 aliphatic carbocycles. The van der Waals surface area contributed by atoms with Gasteiger partial charge in [0.2, 0.25) is 5.95 Å². The van der Waals surface area contributed by atoms with Crippen LogP contribution in [0, 0.1) is 12.3 Å². The average Bonchev–Trinajstić information content (AvgIpc) is 3.20. The molecule has 1 aliphatic rings. The highest BCUT2D eigenvalue weighted by Gasteiger charge is 2.31. The molecule has 26 heavy (non-hydrogen) atoms. The van der Waals surface area contributed by atoms with Crippen molar-refractivity contribution in [1.29, 1.82) is 0 Å². The number of rotatable bonds is 5. The Balaban J connectivity index is 1.67. The van der Waals surface area contributed by atoms with E-state index in [1.807, 2.05) is 38.3 Å². The van der Waals surface area contributed by atoms with Crippen molar-refractivity contribution in [1.82, 2.24) is 24.8 Å². The number of hydrogen-bond acceptors (Lipinski definition) is 7. The summed E-state index contributed by atoms with van der Waals surface area (Å²) in [5.41, 5.74) is 0.703. The zero-order valence-electron chi connectivity index (χ0n) is 16.4. The van der Waals surface area contributed by atoms with Crippen LogP contribution in [0.2, 0.25) is 0 Å². The lowest BCUT2D eigenvalue weighted by Crippen LogP contribution is -2.47. The molecular formula is C18H30N6O2. The first-order chi connectivity index (χ1) is 12.3. The van der Waals surface area contributed by atoms with E-state index in [-0.39, 0.29) is 5.41 Å². The van der Waals surface area contributed by atoms with Crippen molar-refractivity contribution in [2.24, 2.45) is 5.41 Å².